The molecule has 1 rings (SSSR count). The number of oxime groups is 1. The van der Waals surface area contributed by atoms with Gasteiger partial charge >= 0.3 is 0 Å². The van der Waals surface area contributed by atoms with E-state index in [0.717, 1.165) is 12.1 Å². The predicted molar refractivity (Wildman–Crippen MR) is 59.3 cm³/mol. The Kier molecular flexibility index (Phi) is 3.28. The molecule has 0 saturated carbocycles. The Hall–Kier alpha value is -1.31. The molecule has 0 radical (unpaired) electrons. The number of nitrogens with zero attached hydrogens (tertiary/aromatic N) is 1. The van der Waals surface area contributed by atoms with Gasteiger partial charge in [0.1, 0.15) is 0 Å². The van der Waals surface area contributed by atoms with Crippen molar-refractivity contribution in [3.63, 3.8) is 0 Å². The summed E-state index contributed by atoms with van der Waals surface area (Å²) in [5.74, 6) is 0. The van der Waals surface area contributed by atoms with E-state index in [2.05, 4.69) is 38.1 Å². The average molecular weight is 191 g/mol. The van der Waals surface area contributed by atoms with Crippen LogP contribution in [0.3, 0.4) is 0 Å². The van der Waals surface area contributed by atoms with Crippen molar-refractivity contribution in [2.75, 3.05) is 0 Å². The molecular weight excluding hydrogens is 174 g/mol. The van der Waals surface area contributed by atoms with Gasteiger partial charge in [0.15, 0.2) is 0 Å². The molecule has 2 heteroatoms. The summed E-state index contributed by atoms with van der Waals surface area (Å²) in [5, 5.41) is 11.8. The van der Waals surface area contributed by atoms with Gasteiger partial charge in [0, 0.05) is 6.42 Å². The van der Waals surface area contributed by atoms with E-state index in [1.165, 1.54) is 22.3 Å². The fraction of sp³-hybridized carbons (Fsp3) is 0.417. The van der Waals surface area contributed by atoms with Gasteiger partial charge in [-0.2, -0.15) is 0 Å². The van der Waals surface area contributed by atoms with Gasteiger partial charge < -0.3 is 5.21 Å². The SMILES string of the molecule is CC(Cc1c(C)cc(C)cc1C)=NO. The van der Waals surface area contributed by atoms with Gasteiger partial charge in [0.2, 0.25) is 0 Å². The van der Waals surface area contributed by atoms with Crippen molar-refractivity contribution in [1.29, 1.82) is 0 Å². The maximum absolute atomic E-state index is 8.62. The van der Waals surface area contributed by atoms with E-state index in [4.69, 9.17) is 5.21 Å². The molecule has 0 spiro atoms. The standard InChI is InChI=1S/C12H17NO/c1-8-5-9(2)12(10(3)6-8)7-11(4)13-14/h5-6,14H,7H2,1-4H3. The van der Waals surface area contributed by atoms with E-state index in [9.17, 15) is 0 Å². The summed E-state index contributed by atoms with van der Waals surface area (Å²) < 4.78 is 0. The monoisotopic (exact) mass is 191 g/mol. The second-order valence-corrected chi connectivity index (χ2v) is 3.89. The zero-order valence-electron chi connectivity index (χ0n) is 9.26. The van der Waals surface area contributed by atoms with Crippen LogP contribution in [0.1, 0.15) is 29.2 Å². The fourth-order valence-electron chi connectivity index (χ4n) is 1.78. The summed E-state index contributed by atoms with van der Waals surface area (Å²) in [4.78, 5) is 0. The second kappa shape index (κ2) is 4.27. The Bertz CT molecular complexity index is 344. The number of rotatable bonds is 2. The van der Waals surface area contributed by atoms with Crippen molar-refractivity contribution in [1.82, 2.24) is 0 Å². The Balaban J connectivity index is 3.09. The third kappa shape index (κ3) is 2.34. The largest absolute Gasteiger partial charge is 0.411 e. The Morgan fingerprint density at radius 1 is 1.21 bits per heavy atom. The smallest absolute Gasteiger partial charge is 0.0583 e. The molecule has 1 aromatic rings. The highest BCUT2D eigenvalue weighted by molar-refractivity contribution is 5.84. The lowest BCUT2D eigenvalue weighted by molar-refractivity contribution is 0.317. The number of aryl methyl sites for hydroxylation is 3. The highest BCUT2D eigenvalue weighted by atomic mass is 16.4. The van der Waals surface area contributed by atoms with Crippen LogP contribution in [0.4, 0.5) is 0 Å². The molecular formula is C12H17NO. The summed E-state index contributed by atoms with van der Waals surface area (Å²) in [6.45, 7) is 8.12. The fourth-order valence-corrected chi connectivity index (χ4v) is 1.78. The first-order chi connectivity index (χ1) is 6.54. The molecule has 1 N–H and O–H groups in total. The summed E-state index contributed by atoms with van der Waals surface area (Å²) in [6, 6.07) is 4.32. The third-order valence-electron chi connectivity index (χ3n) is 2.44. The minimum atomic E-state index is 0.731. The van der Waals surface area contributed by atoms with Crippen molar-refractivity contribution in [2.45, 2.75) is 34.1 Å². The zero-order valence-corrected chi connectivity index (χ0v) is 9.26. The maximum Gasteiger partial charge on any atom is 0.0583 e. The highest BCUT2D eigenvalue weighted by Crippen LogP contribution is 2.17. The summed E-state index contributed by atoms with van der Waals surface area (Å²) in [6.07, 6.45) is 0.731. The normalized spacial score (nSPS) is 11.9. The molecule has 0 atom stereocenters. The first-order valence-electron chi connectivity index (χ1n) is 4.79. The van der Waals surface area contributed by atoms with Crippen LogP contribution in [-0.2, 0) is 6.42 Å². The average Bonchev–Trinajstić information content (AvgIpc) is 2.10. The van der Waals surface area contributed by atoms with Crippen molar-refractivity contribution < 1.29 is 5.21 Å². The van der Waals surface area contributed by atoms with Gasteiger partial charge in [0.05, 0.1) is 5.71 Å². The molecule has 2 nitrogen and oxygen atoms in total. The van der Waals surface area contributed by atoms with Gasteiger partial charge in [-0.05, 0) is 44.4 Å². The molecule has 0 aromatic heterocycles. The van der Waals surface area contributed by atoms with Gasteiger partial charge in [-0.25, -0.2) is 0 Å². The lowest BCUT2D eigenvalue weighted by atomic mass is 9.96. The minimum absolute atomic E-state index is 0.731. The van der Waals surface area contributed by atoms with Crippen LogP contribution in [0, 0.1) is 20.8 Å². The molecule has 0 amide bonds. The van der Waals surface area contributed by atoms with Crippen LogP contribution in [-0.4, -0.2) is 10.9 Å². The van der Waals surface area contributed by atoms with E-state index in [1.807, 2.05) is 6.92 Å². The van der Waals surface area contributed by atoms with E-state index < -0.39 is 0 Å². The predicted octanol–water partition coefficient (Wildman–Crippen LogP) is 3.00. The second-order valence-electron chi connectivity index (χ2n) is 3.89. The highest BCUT2D eigenvalue weighted by Gasteiger charge is 2.05. The number of hydrogen-bond acceptors (Lipinski definition) is 2. The molecule has 0 aliphatic rings. The third-order valence-corrected chi connectivity index (χ3v) is 2.44. The van der Waals surface area contributed by atoms with Crippen LogP contribution in [0.2, 0.25) is 0 Å². The molecule has 0 aliphatic heterocycles. The van der Waals surface area contributed by atoms with Gasteiger partial charge in [-0.15, -0.1) is 0 Å². The first-order valence-corrected chi connectivity index (χ1v) is 4.79. The van der Waals surface area contributed by atoms with Crippen molar-refractivity contribution in [3.8, 4) is 0 Å². The quantitative estimate of drug-likeness (QED) is 0.435. The molecule has 0 bridgehead atoms. The molecule has 0 saturated heterocycles. The molecule has 0 aliphatic carbocycles. The van der Waals surface area contributed by atoms with E-state index >= 15 is 0 Å². The Labute approximate surface area is 85.3 Å². The Morgan fingerprint density at radius 2 is 1.71 bits per heavy atom. The topological polar surface area (TPSA) is 32.6 Å². The molecule has 14 heavy (non-hydrogen) atoms. The maximum atomic E-state index is 8.62. The van der Waals surface area contributed by atoms with E-state index in [0.29, 0.717) is 0 Å². The molecule has 76 valence electrons. The Morgan fingerprint density at radius 3 is 2.14 bits per heavy atom. The van der Waals surface area contributed by atoms with Crippen LogP contribution in [0.15, 0.2) is 17.3 Å². The summed E-state index contributed by atoms with van der Waals surface area (Å²) in [7, 11) is 0. The van der Waals surface area contributed by atoms with Crippen molar-refractivity contribution in [3.05, 3.63) is 34.4 Å². The molecule has 0 unspecified atom stereocenters. The minimum Gasteiger partial charge on any atom is -0.411 e. The lowest BCUT2D eigenvalue weighted by Crippen LogP contribution is -2.02. The van der Waals surface area contributed by atoms with Crippen LogP contribution in [0.5, 0.6) is 0 Å². The van der Waals surface area contributed by atoms with Crippen molar-refractivity contribution in [2.24, 2.45) is 5.16 Å². The van der Waals surface area contributed by atoms with E-state index in [-0.39, 0.29) is 0 Å². The number of benzene rings is 1. The van der Waals surface area contributed by atoms with Gasteiger partial charge in [-0.3, -0.25) is 0 Å². The molecule has 0 heterocycles. The molecule has 1 aromatic carbocycles. The van der Waals surface area contributed by atoms with Crippen LogP contribution < -0.4 is 0 Å². The van der Waals surface area contributed by atoms with Gasteiger partial charge in [0.25, 0.3) is 0 Å². The summed E-state index contributed by atoms with van der Waals surface area (Å²) in [5.41, 5.74) is 5.84. The molecule has 0 fully saturated rings. The van der Waals surface area contributed by atoms with Crippen LogP contribution in [0.25, 0.3) is 0 Å². The first kappa shape index (κ1) is 10.8. The number of hydrogen-bond donors (Lipinski definition) is 1. The van der Waals surface area contributed by atoms with E-state index in [1.54, 1.807) is 0 Å². The van der Waals surface area contributed by atoms with Crippen LogP contribution >= 0.6 is 0 Å². The zero-order chi connectivity index (χ0) is 10.7. The summed E-state index contributed by atoms with van der Waals surface area (Å²) >= 11 is 0. The lowest BCUT2D eigenvalue weighted by Gasteiger charge is -2.10. The van der Waals surface area contributed by atoms with Crippen molar-refractivity contribution >= 4 is 5.71 Å². The van der Waals surface area contributed by atoms with Gasteiger partial charge in [-0.1, -0.05) is 22.9 Å².